The first-order chi connectivity index (χ1) is 16.8. The molecule has 184 valence electrons. The van der Waals surface area contributed by atoms with Crippen molar-refractivity contribution in [3.63, 3.8) is 0 Å². The van der Waals surface area contributed by atoms with Gasteiger partial charge in [0.1, 0.15) is 6.54 Å². The number of carbonyl (C=O) groups excluding carboxylic acids is 2. The Bertz CT molecular complexity index is 1240. The number of benzene rings is 1. The number of hydrogen-bond acceptors (Lipinski definition) is 6. The lowest BCUT2D eigenvalue weighted by molar-refractivity contribution is -0.116. The van der Waals surface area contributed by atoms with E-state index in [0.717, 1.165) is 16.8 Å². The third kappa shape index (κ3) is 5.99. The van der Waals surface area contributed by atoms with Gasteiger partial charge in [-0.3, -0.25) is 19.3 Å². The van der Waals surface area contributed by atoms with Gasteiger partial charge in [-0.05, 0) is 49.2 Å². The maximum atomic E-state index is 12.8. The maximum Gasteiger partial charge on any atom is 0.289 e. The Kier molecular flexibility index (Phi) is 7.36. The standard InChI is InChI=1S/C26H30N4O5/c1-18-11-19(2)13-20(12-18)27-25(32)17-30-16-24(34-3)22(31)14-21(30)15-28-6-8-29(9-7-28)26(33)23-5-4-10-35-23/h4-5,10-14,16H,6-9,15,17H2,1-3H3,(H,27,32). The Balaban J connectivity index is 1.45. The second kappa shape index (κ2) is 10.6. The minimum Gasteiger partial charge on any atom is -0.491 e. The highest BCUT2D eigenvalue weighted by Gasteiger charge is 2.24. The van der Waals surface area contributed by atoms with Crippen molar-refractivity contribution < 1.29 is 18.7 Å². The van der Waals surface area contributed by atoms with E-state index < -0.39 is 0 Å². The zero-order chi connectivity index (χ0) is 24.9. The SMILES string of the molecule is COc1cn(CC(=O)Nc2cc(C)cc(C)c2)c(CN2CCN(C(=O)c3ccco3)CC2)cc1=O. The molecule has 0 spiro atoms. The van der Waals surface area contributed by atoms with Gasteiger partial charge in [0.2, 0.25) is 11.3 Å². The monoisotopic (exact) mass is 478 g/mol. The lowest BCUT2D eigenvalue weighted by Gasteiger charge is -2.34. The van der Waals surface area contributed by atoms with Gasteiger partial charge < -0.3 is 23.9 Å². The summed E-state index contributed by atoms with van der Waals surface area (Å²) >= 11 is 0. The number of ether oxygens (including phenoxy) is 1. The number of aromatic nitrogens is 1. The molecule has 0 saturated carbocycles. The van der Waals surface area contributed by atoms with Crippen LogP contribution < -0.4 is 15.5 Å². The summed E-state index contributed by atoms with van der Waals surface area (Å²) < 4.78 is 12.2. The first kappa shape index (κ1) is 24.3. The molecule has 1 aliphatic heterocycles. The second-order valence-corrected chi connectivity index (χ2v) is 8.80. The smallest absolute Gasteiger partial charge is 0.289 e. The van der Waals surface area contributed by atoms with Crippen LogP contribution in [0.5, 0.6) is 5.75 Å². The summed E-state index contributed by atoms with van der Waals surface area (Å²) in [6.45, 7) is 6.85. The van der Waals surface area contributed by atoms with Gasteiger partial charge >= 0.3 is 0 Å². The molecule has 1 aliphatic rings. The molecule has 0 aliphatic carbocycles. The topological polar surface area (TPSA) is 97.0 Å². The number of carbonyl (C=O) groups is 2. The zero-order valence-electron chi connectivity index (χ0n) is 20.2. The van der Waals surface area contributed by atoms with Gasteiger partial charge in [0.05, 0.1) is 19.6 Å². The molecule has 1 fully saturated rings. The molecule has 1 saturated heterocycles. The fraction of sp³-hybridized carbons (Fsp3) is 0.346. The number of rotatable bonds is 7. The molecular formula is C26H30N4O5. The first-order valence-electron chi connectivity index (χ1n) is 11.5. The van der Waals surface area contributed by atoms with Crippen LogP contribution >= 0.6 is 0 Å². The van der Waals surface area contributed by atoms with Gasteiger partial charge in [0, 0.05) is 50.2 Å². The Morgan fingerprint density at radius 1 is 1.06 bits per heavy atom. The number of furan rings is 1. The van der Waals surface area contributed by atoms with Crippen LogP contribution in [0.1, 0.15) is 27.4 Å². The first-order valence-corrected chi connectivity index (χ1v) is 11.5. The van der Waals surface area contributed by atoms with Crippen molar-refractivity contribution in [3.05, 3.63) is 81.7 Å². The van der Waals surface area contributed by atoms with E-state index in [1.54, 1.807) is 27.8 Å². The summed E-state index contributed by atoms with van der Waals surface area (Å²) in [5, 5.41) is 2.94. The molecule has 35 heavy (non-hydrogen) atoms. The molecule has 4 rings (SSSR count). The van der Waals surface area contributed by atoms with Crippen LogP contribution in [0.3, 0.4) is 0 Å². The van der Waals surface area contributed by atoms with Gasteiger partial charge in [0.25, 0.3) is 5.91 Å². The van der Waals surface area contributed by atoms with Crippen molar-refractivity contribution in [2.24, 2.45) is 0 Å². The Hall–Kier alpha value is -3.85. The van der Waals surface area contributed by atoms with Crippen molar-refractivity contribution in [3.8, 4) is 5.75 Å². The van der Waals surface area contributed by atoms with Crippen LogP contribution in [0, 0.1) is 13.8 Å². The molecule has 3 aromatic rings. The largest absolute Gasteiger partial charge is 0.491 e. The van der Waals surface area contributed by atoms with E-state index in [1.165, 1.54) is 19.4 Å². The van der Waals surface area contributed by atoms with E-state index in [9.17, 15) is 14.4 Å². The third-order valence-corrected chi connectivity index (χ3v) is 6.00. The summed E-state index contributed by atoms with van der Waals surface area (Å²) in [7, 11) is 1.44. The number of pyridine rings is 1. The number of piperazine rings is 1. The van der Waals surface area contributed by atoms with Crippen LogP contribution in [-0.4, -0.2) is 59.5 Å². The van der Waals surface area contributed by atoms with Gasteiger partial charge in [-0.25, -0.2) is 0 Å². The Morgan fingerprint density at radius 2 is 1.77 bits per heavy atom. The Morgan fingerprint density at radius 3 is 2.40 bits per heavy atom. The average Bonchev–Trinajstić information content (AvgIpc) is 3.35. The number of nitrogens with one attached hydrogen (secondary N) is 1. The molecule has 0 unspecified atom stereocenters. The molecule has 3 heterocycles. The quantitative estimate of drug-likeness (QED) is 0.561. The van der Waals surface area contributed by atoms with Crippen LogP contribution in [-0.2, 0) is 17.9 Å². The van der Waals surface area contributed by atoms with Crippen LogP contribution in [0.15, 0.2) is 58.1 Å². The molecule has 0 atom stereocenters. The lowest BCUT2D eigenvalue weighted by atomic mass is 10.1. The molecule has 0 bridgehead atoms. The number of amides is 2. The highest BCUT2D eigenvalue weighted by Crippen LogP contribution is 2.16. The number of nitrogens with zero attached hydrogens (tertiary/aromatic N) is 3. The van der Waals surface area contributed by atoms with Gasteiger partial charge in [0.15, 0.2) is 11.5 Å². The van der Waals surface area contributed by atoms with E-state index in [0.29, 0.717) is 44.2 Å². The molecule has 9 nitrogen and oxygen atoms in total. The van der Waals surface area contributed by atoms with Gasteiger partial charge in [-0.1, -0.05) is 6.07 Å². The summed E-state index contributed by atoms with van der Waals surface area (Å²) in [6.07, 6.45) is 3.07. The maximum absolute atomic E-state index is 12.8. The van der Waals surface area contributed by atoms with Crippen molar-refractivity contribution in [1.29, 1.82) is 0 Å². The van der Waals surface area contributed by atoms with Crippen LogP contribution in [0.4, 0.5) is 5.69 Å². The fourth-order valence-electron chi connectivity index (χ4n) is 4.33. The van der Waals surface area contributed by atoms with E-state index in [-0.39, 0.29) is 29.5 Å². The second-order valence-electron chi connectivity index (χ2n) is 8.80. The van der Waals surface area contributed by atoms with Gasteiger partial charge in [-0.15, -0.1) is 0 Å². The summed E-state index contributed by atoms with van der Waals surface area (Å²) in [6, 6.07) is 10.8. The van der Waals surface area contributed by atoms with E-state index in [1.807, 2.05) is 32.0 Å². The van der Waals surface area contributed by atoms with Crippen molar-refractivity contribution in [1.82, 2.24) is 14.4 Å². The van der Waals surface area contributed by atoms with Crippen molar-refractivity contribution in [2.45, 2.75) is 26.9 Å². The Labute approximate surface area is 203 Å². The van der Waals surface area contributed by atoms with E-state index in [2.05, 4.69) is 10.2 Å². The molecule has 2 amide bonds. The molecule has 9 heteroatoms. The van der Waals surface area contributed by atoms with Crippen molar-refractivity contribution in [2.75, 3.05) is 38.6 Å². The summed E-state index contributed by atoms with van der Waals surface area (Å²) in [5.41, 5.74) is 3.34. The zero-order valence-corrected chi connectivity index (χ0v) is 20.2. The molecule has 1 aromatic carbocycles. The molecule has 0 radical (unpaired) electrons. The number of methoxy groups -OCH3 is 1. The lowest BCUT2D eigenvalue weighted by Crippen LogP contribution is -2.48. The third-order valence-electron chi connectivity index (χ3n) is 6.00. The summed E-state index contributed by atoms with van der Waals surface area (Å²) in [4.78, 5) is 41.7. The average molecular weight is 479 g/mol. The predicted octanol–water partition coefficient (Wildman–Crippen LogP) is 2.66. The normalized spacial score (nSPS) is 14.1. The fourth-order valence-corrected chi connectivity index (χ4v) is 4.33. The van der Waals surface area contributed by atoms with E-state index in [4.69, 9.17) is 9.15 Å². The number of aryl methyl sites for hydroxylation is 2. The van der Waals surface area contributed by atoms with Crippen molar-refractivity contribution >= 4 is 17.5 Å². The van der Waals surface area contributed by atoms with Crippen LogP contribution in [0.2, 0.25) is 0 Å². The number of anilines is 1. The highest BCUT2D eigenvalue weighted by atomic mass is 16.5. The highest BCUT2D eigenvalue weighted by molar-refractivity contribution is 5.91. The molecule has 1 N–H and O–H groups in total. The molecule has 2 aromatic heterocycles. The minimum atomic E-state index is -0.236. The predicted molar refractivity (Wildman–Crippen MR) is 132 cm³/mol. The summed E-state index contributed by atoms with van der Waals surface area (Å²) in [5.74, 6) is 0.189. The van der Waals surface area contributed by atoms with Gasteiger partial charge in [-0.2, -0.15) is 0 Å². The number of hydrogen-bond donors (Lipinski definition) is 1. The molecular weight excluding hydrogens is 448 g/mol. The minimum absolute atomic E-state index is 0.0376. The van der Waals surface area contributed by atoms with E-state index >= 15 is 0 Å². The van der Waals surface area contributed by atoms with Crippen LogP contribution in [0.25, 0.3) is 0 Å².